The number of hydrogen-bond acceptors (Lipinski definition) is 3. The Kier molecular flexibility index (Phi) is 7.90. The van der Waals surface area contributed by atoms with Crippen LogP contribution in [0.2, 0.25) is 0 Å². The molecule has 1 unspecified atom stereocenters. The van der Waals surface area contributed by atoms with Crippen LogP contribution in [0.4, 0.5) is 5.69 Å². The Morgan fingerprint density at radius 2 is 1.79 bits per heavy atom. The van der Waals surface area contributed by atoms with Crippen molar-refractivity contribution in [1.82, 2.24) is 4.90 Å². The van der Waals surface area contributed by atoms with Crippen molar-refractivity contribution in [2.24, 2.45) is 23.5 Å². The molecular formula is C23H37N3O2. The number of piperazine rings is 1. The van der Waals surface area contributed by atoms with E-state index in [4.69, 9.17) is 5.73 Å². The summed E-state index contributed by atoms with van der Waals surface area (Å²) in [6.45, 7) is 12.7. The SMILES string of the molecule is CCC[C@H](C(N)=O)[C@@H](CC(C)C)C(=O)N1CCN(c2ccc(C)cc2)C(C)C1. The van der Waals surface area contributed by atoms with Crippen molar-refractivity contribution in [3.05, 3.63) is 29.8 Å². The number of carbonyl (C=O) groups excluding carboxylic acids is 2. The van der Waals surface area contributed by atoms with Gasteiger partial charge >= 0.3 is 0 Å². The first-order valence-corrected chi connectivity index (χ1v) is 10.7. The molecule has 0 aromatic heterocycles. The van der Waals surface area contributed by atoms with Gasteiger partial charge in [0.25, 0.3) is 0 Å². The minimum atomic E-state index is -0.370. The van der Waals surface area contributed by atoms with E-state index in [2.05, 4.69) is 56.9 Å². The Hall–Kier alpha value is -2.04. The zero-order valence-electron chi connectivity index (χ0n) is 18.1. The summed E-state index contributed by atoms with van der Waals surface area (Å²) in [7, 11) is 0. The first-order chi connectivity index (χ1) is 13.2. The first kappa shape index (κ1) is 22.3. The molecule has 1 aromatic rings. The molecule has 0 aliphatic carbocycles. The number of aryl methyl sites for hydroxylation is 1. The molecule has 0 spiro atoms. The summed E-state index contributed by atoms with van der Waals surface area (Å²) < 4.78 is 0. The lowest BCUT2D eigenvalue weighted by molar-refractivity contribution is -0.142. The molecule has 1 aliphatic heterocycles. The van der Waals surface area contributed by atoms with E-state index in [1.807, 2.05) is 11.8 Å². The number of primary amides is 1. The molecule has 1 aromatic carbocycles. The van der Waals surface area contributed by atoms with Gasteiger partial charge in [-0.05, 0) is 44.7 Å². The third kappa shape index (κ3) is 5.49. The van der Waals surface area contributed by atoms with Crippen LogP contribution in [0.25, 0.3) is 0 Å². The van der Waals surface area contributed by atoms with Gasteiger partial charge in [-0.15, -0.1) is 0 Å². The lowest BCUT2D eigenvalue weighted by Crippen LogP contribution is -2.56. The maximum atomic E-state index is 13.4. The minimum absolute atomic E-state index is 0.0985. The van der Waals surface area contributed by atoms with E-state index in [1.165, 1.54) is 11.3 Å². The number of rotatable bonds is 8. The molecule has 2 N–H and O–H groups in total. The van der Waals surface area contributed by atoms with Crippen molar-refractivity contribution in [2.45, 2.75) is 59.9 Å². The van der Waals surface area contributed by atoms with Gasteiger partial charge < -0.3 is 15.5 Å². The van der Waals surface area contributed by atoms with E-state index >= 15 is 0 Å². The van der Waals surface area contributed by atoms with E-state index in [0.29, 0.717) is 31.8 Å². The van der Waals surface area contributed by atoms with E-state index < -0.39 is 0 Å². The molecular weight excluding hydrogens is 350 g/mol. The van der Waals surface area contributed by atoms with Gasteiger partial charge in [0.1, 0.15) is 0 Å². The molecule has 28 heavy (non-hydrogen) atoms. The highest BCUT2D eigenvalue weighted by Crippen LogP contribution is 2.29. The molecule has 2 rings (SSSR count). The minimum Gasteiger partial charge on any atom is -0.369 e. The fraction of sp³-hybridized carbons (Fsp3) is 0.652. The lowest BCUT2D eigenvalue weighted by Gasteiger charge is -2.43. The highest BCUT2D eigenvalue weighted by molar-refractivity contribution is 5.87. The number of nitrogens with zero attached hydrogens (tertiary/aromatic N) is 2. The summed E-state index contributed by atoms with van der Waals surface area (Å²) >= 11 is 0. The second kappa shape index (κ2) is 9.94. The van der Waals surface area contributed by atoms with Crippen LogP contribution in [0.15, 0.2) is 24.3 Å². The van der Waals surface area contributed by atoms with Gasteiger partial charge in [0.05, 0.1) is 0 Å². The summed E-state index contributed by atoms with van der Waals surface area (Å²) in [6.07, 6.45) is 2.24. The van der Waals surface area contributed by atoms with Gasteiger partial charge in [0, 0.05) is 43.2 Å². The van der Waals surface area contributed by atoms with Gasteiger partial charge in [0.15, 0.2) is 0 Å². The topological polar surface area (TPSA) is 66.6 Å². The van der Waals surface area contributed by atoms with Crippen LogP contribution in [0.5, 0.6) is 0 Å². The van der Waals surface area contributed by atoms with E-state index in [0.717, 1.165) is 13.0 Å². The van der Waals surface area contributed by atoms with E-state index in [-0.39, 0.29) is 29.7 Å². The van der Waals surface area contributed by atoms with Crippen LogP contribution in [-0.2, 0) is 9.59 Å². The van der Waals surface area contributed by atoms with Gasteiger partial charge in [-0.3, -0.25) is 9.59 Å². The van der Waals surface area contributed by atoms with Crippen molar-refractivity contribution in [3.63, 3.8) is 0 Å². The van der Waals surface area contributed by atoms with Crippen molar-refractivity contribution in [1.29, 1.82) is 0 Å². The number of anilines is 1. The summed E-state index contributed by atoms with van der Waals surface area (Å²) in [5.74, 6) is -0.576. The van der Waals surface area contributed by atoms with Crippen molar-refractivity contribution in [3.8, 4) is 0 Å². The molecule has 2 amide bonds. The first-order valence-electron chi connectivity index (χ1n) is 10.7. The zero-order valence-corrected chi connectivity index (χ0v) is 18.1. The van der Waals surface area contributed by atoms with Gasteiger partial charge in [0.2, 0.25) is 11.8 Å². The number of benzene rings is 1. The lowest BCUT2D eigenvalue weighted by atomic mass is 9.81. The standard InChI is InChI=1S/C23H37N3O2/c1-6-7-20(22(24)27)21(14-16(2)3)23(28)25-12-13-26(18(5)15-25)19-10-8-17(4)9-11-19/h8-11,16,18,20-21H,6-7,12-15H2,1-5H3,(H2,24,27)/t18?,20-,21+/m0/s1. The number of carbonyl (C=O) groups is 2. The number of amides is 2. The van der Waals surface area contributed by atoms with Gasteiger partial charge in [-0.25, -0.2) is 0 Å². The third-order valence-corrected chi connectivity index (χ3v) is 5.80. The van der Waals surface area contributed by atoms with Crippen LogP contribution in [-0.4, -0.2) is 42.4 Å². The van der Waals surface area contributed by atoms with Crippen molar-refractivity contribution in [2.75, 3.05) is 24.5 Å². The molecule has 1 fully saturated rings. The number of hydrogen-bond donors (Lipinski definition) is 1. The monoisotopic (exact) mass is 387 g/mol. The smallest absolute Gasteiger partial charge is 0.226 e. The van der Waals surface area contributed by atoms with Crippen LogP contribution in [0.3, 0.4) is 0 Å². The molecule has 5 nitrogen and oxygen atoms in total. The van der Waals surface area contributed by atoms with Crippen molar-refractivity contribution >= 4 is 17.5 Å². The van der Waals surface area contributed by atoms with E-state index in [9.17, 15) is 9.59 Å². The second-order valence-electron chi connectivity index (χ2n) is 8.70. The van der Waals surface area contributed by atoms with Crippen LogP contribution in [0.1, 0.15) is 52.5 Å². The zero-order chi connectivity index (χ0) is 20.8. The summed E-state index contributed by atoms with van der Waals surface area (Å²) in [5.41, 5.74) is 8.13. The summed E-state index contributed by atoms with van der Waals surface area (Å²) in [4.78, 5) is 29.8. The van der Waals surface area contributed by atoms with Crippen LogP contribution >= 0.6 is 0 Å². The molecule has 0 saturated carbocycles. The summed E-state index contributed by atoms with van der Waals surface area (Å²) in [6, 6.07) is 8.78. The predicted molar refractivity (Wildman–Crippen MR) is 115 cm³/mol. The average molecular weight is 388 g/mol. The Bertz CT molecular complexity index is 656. The second-order valence-corrected chi connectivity index (χ2v) is 8.70. The Labute approximate surface area is 170 Å². The molecule has 156 valence electrons. The molecule has 1 saturated heterocycles. The normalized spacial score (nSPS) is 19.6. The van der Waals surface area contributed by atoms with Gasteiger partial charge in [-0.1, -0.05) is 44.9 Å². The fourth-order valence-electron chi connectivity index (χ4n) is 4.31. The Morgan fingerprint density at radius 3 is 2.29 bits per heavy atom. The fourth-order valence-corrected chi connectivity index (χ4v) is 4.31. The highest BCUT2D eigenvalue weighted by atomic mass is 16.2. The molecule has 1 heterocycles. The van der Waals surface area contributed by atoms with Gasteiger partial charge in [-0.2, -0.15) is 0 Å². The van der Waals surface area contributed by atoms with Crippen molar-refractivity contribution < 1.29 is 9.59 Å². The third-order valence-electron chi connectivity index (χ3n) is 5.80. The quantitative estimate of drug-likeness (QED) is 0.741. The highest BCUT2D eigenvalue weighted by Gasteiger charge is 2.37. The average Bonchev–Trinajstić information content (AvgIpc) is 2.64. The Morgan fingerprint density at radius 1 is 1.14 bits per heavy atom. The number of nitrogens with two attached hydrogens (primary N) is 1. The molecule has 1 aliphatic rings. The molecule has 3 atom stereocenters. The van der Waals surface area contributed by atoms with E-state index in [1.54, 1.807) is 0 Å². The maximum Gasteiger partial charge on any atom is 0.226 e. The molecule has 0 bridgehead atoms. The maximum absolute atomic E-state index is 13.4. The summed E-state index contributed by atoms with van der Waals surface area (Å²) in [5, 5.41) is 0. The Balaban J connectivity index is 2.13. The molecule has 0 radical (unpaired) electrons. The molecule has 5 heteroatoms. The largest absolute Gasteiger partial charge is 0.369 e. The van der Waals surface area contributed by atoms with Crippen LogP contribution in [0, 0.1) is 24.7 Å². The van der Waals surface area contributed by atoms with Crippen LogP contribution < -0.4 is 10.6 Å². The predicted octanol–water partition coefficient (Wildman–Crippen LogP) is 3.60.